The van der Waals surface area contributed by atoms with Crippen molar-refractivity contribution in [3.05, 3.63) is 60.0 Å². The van der Waals surface area contributed by atoms with Gasteiger partial charge in [-0.05, 0) is 44.0 Å². The predicted molar refractivity (Wildman–Crippen MR) is 106 cm³/mol. The van der Waals surface area contributed by atoms with Gasteiger partial charge < -0.3 is 14.8 Å². The van der Waals surface area contributed by atoms with Gasteiger partial charge in [-0.3, -0.25) is 0 Å². The van der Waals surface area contributed by atoms with Gasteiger partial charge in [-0.2, -0.15) is 5.10 Å². The zero-order valence-electron chi connectivity index (χ0n) is 15.8. The Morgan fingerprint density at radius 2 is 1.89 bits per heavy atom. The van der Waals surface area contributed by atoms with Crippen molar-refractivity contribution >= 4 is 0 Å². The minimum atomic E-state index is -0.574. The van der Waals surface area contributed by atoms with Gasteiger partial charge in [-0.1, -0.05) is 37.5 Å². The van der Waals surface area contributed by atoms with Gasteiger partial charge in [0.05, 0.1) is 11.3 Å². The Morgan fingerprint density at radius 3 is 2.59 bits per heavy atom. The summed E-state index contributed by atoms with van der Waals surface area (Å²) in [4.78, 5) is 0. The first-order valence-corrected chi connectivity index (χ1v) is 9.77. The maximum Gasteiger partial charge on any atom is 0.154 e. The van der Waals surface area contributed by atoms with Crippen LogP contribution in [0.1, 0.15) is 43.4 Å². The first-order valence-electron chi connectivity index (χ1n) is 9.77. The highest BCUT2D eigenvalue weighted by Crippen LogP contribution is 2.28. The fraction of sp³-hybridized carbons (Fsp3) is 0.409. The fourth-order valence-electron chi connectivity index (χ4n) is 3.84. The van der Waals surface area contributed by atoms with Crippen LogP contribution in [0.4, 0.5) is 0 Å². The second kappa shape index (κ2) is 7.71. The highest BCUT2D eigenvalue weighted by molar-refractivity contribution is 5.57. The van der Waals surface area contributed by atoms with Crippen molar-refractivity contribution in [1.29, 1.82) is 0 Å². The van der Waals surface area contributed by atoms with Gasteiger partial charge in [0.25, 0.3) is 0 Å². The van der Waals surface area contributed by atoms with Gasteiger partial charge >= 0.3 is 0 Å². The van der Waals surface area contributed by atoms with Crippen LogP contribution in [0.15, 0.2) is 53.1 Å². The Kier molecular flexibility index (Phi) is 5.14. The number of furan rings is 1. The van der Waals surface area contributed by atoms with Crippen molar-refractivity contribution in [1.82, 2.24) is 15.1 Å². The summed E-state index contributed by atoms with van der Waals surface area (Å²) in [7, 11) is 0. The van der Waals surface area contributed by atoms with Crippen LogP contribution < -0.4 is 5.32 Å². The molecule has 142 valence electrons. The van der Waals surface area contributed by atoms with Crippen molar-refractivity contribution in [3.8, 4) is 17.1 Å². The molecule has 2 aromatic heterocycles. The van der Waals surface area contributed by atoms with E-state index in [0.717, 1.165) is 54.1 Å². The van der Waals surface area contributed by atoms with E-state index >= 15 is 0 Å². The first-order chi connectivity index (χ1) is 13.1. The molecule has 0 radical (unpaired) electrons. The predicted octanol–water partition coefficient (Wildman–Crippen LogP) is 4.23. The summed E-state index contributed by atoms with van der Waals surface area (Å²) >= 11 is 0. The number of hydrogen-bond donors (Lipinski definition) is 2. The van der Waals surface area contributed by atoms with Gasteiger partial charge in [0.2, 0.25) is 0 Å². The molecule has 0 atom stereocenters. The Hall–Kier alpha value is -2.37. The lowest BCUT2D eigenvalue weighted by Gasteiger charge is -2.32. The molecule has 1 saturated carbocycles. The van der Waals surface area contributed by atoms with Crippen LogP contribution in [0.25, 0.3) is 17.1 Å². The molecule has 0 amide bonds. The third-order valence-corrected chi connectivity index (χ3v) is 5.34. The molecular formula is C22H27N3O2. The third-order valence-electron chi connectivity index (χ3n) is 5.34. The SMILES string of the molecule is Cc1ccc(-c2nn(-c3ccccc3)cc2CNCC2(O)CCCCC2)o1. The summed E-state index contributed by atoms with van der Waals surface area (Å²) < 4.78 is 7.71. The number of para-hydroxylation sites is 1. The molecule has 2 heterocycles. The van der Waals surface area contributed by atoms with Crippen molar-refractivity contribution in [2.24, 2.45) is 0 Å². The molecule has 0 aliphatic heterocycles. The summed E-state index contributed by atoms with van der Waals surface area (Å²) in [6, 6.07) is 14.0. The number of nitrogens with one attached hydrogen (secondary N) is 1. The topological polar surface area (TPSA) is 63.2 Å². The Labute approximate surface area is 160 Å². The Morgan fingerprint density at radius 1 is 1.11 bits per heavy atom. The minimum Gasteiger partial charge on any atom is -0.460 e. The number of aryl methyl sites for hydroxylation is 1. The number of hydrogen-bond acceptors (Lipinski definition) is 4. The second-order valence-corrected chi connectivity index (χ2v) is 7.58. The summed E-state index contributed by atoms with van der Waals surface area (Å²) in [6.45, 7) is 3.19. The molecule has 1 aromatic carbocycles. The van der Waals surface area contributed by atoms with E-state index in [0.29, 0.717) is 13.1 Å². The summed E-state index contributed by atoms with van der Waals surface area (Å²) in [5.74, 6) is 1.64. The molecular weight excluding hydrogens is 338 g/mol. The summed E-state index contributed by atoms with van der Waals surface area (Å²) in [6.07, 6.45) is 7.26. The number of benzene rings is 1. The smallest absolute Gasteiger partial charge is 0.154 e. The standard InChI is InChI=1S/C22H27N3O2/c1-17-10-11-20(27-17)21-18(14-23-16-22(26)12-6-3-7-13-22)15-25(24-21)19-8-4-2-5-9-19/h2,4-5,8-11,15,23,26H,3,6-7,12-14,16H2,1H3. The van der Waals surface area contributed by atoms with Gasteiger partial charge in [-0.15, -0.1) is 0 Å². The van der Waals surface area contributed by atoms with Gasteiger partial charge in [0, 0.05) is 24.8 Å². The summed E-state index contributed by atoms with van der Waals surface area (Å²) in [5.41, 5.74) is 2.34. The first kappa shape index (κ1) is 18.0. The molecule has 1 aliphatic rings. The molecule has 0 unspecified atom stereocenters. The lowest BCUT2D eigenvalue weighted by Crippen LogP contribution is -2.41. The van der Waals surface area contributed by atoms with Crippen molar-refractivity contribution in [2.45, 2.75) is 51.2 Å². The molecule has 1 aliphatic carbocycles. The van der Waals surface area contributed by atoms with Crippen LogP contribution in [0.2, 0.25) is 0 Å². The Balaban J connectivity index is 1.55. The minimum absolute atomic E-state index is 0.574. The number of aromatic nitrogens is 2. The van der Waals surface area contributed by atoms with Crippen molar-refractivity contribution in [3.63, 3.8) is 0 Å². The van der Waals surface area contributed by atoms with Crippen molar-refractivity contribution in [2.75, 3.05) is 6.54 Å². The monoisotopic (exact) mass is 365 g/mol. The maximum atomic E-state index is 10.7. The molecule has 3 aromatic rings. The molecule has 0 saturated heterocycles. The van der Waals surface area contributed by atoms with E-state index in [9.17, 15) is 5.11 Å². The quantitative estimate of drug-likeness (QED) is 0.686. The second-order valence-electron chi connectivity index (χ2n) is 7.58. The van der Waals surface area contributed by atoms with E-state index in [1.807, 2.05) is 60.3 Å². The van der Waals surface area contributed by atoms with E-state index in [-0.39, 0.29) is 0 Å². The number of aliphatic hydroxyl groups is 1. The molecule has 5 heteroatoms. The fourth-order valence-corrected chi connectivity index (χ4v) is 3.84. The van der Waals surface area contributed by atoms with Crippen LogP contribution in [-0.4, -0.2) is 27.0 Å². The molecule has 2 N–H and O–H groups in total. The zero-order valence-corrected chi connectivity index (χ0v) is 15.8. The average Bonchev–Trinajstić information content (AvgIpc) is 3.29. The highest BCUT2D eigenvalue weighted by Gasteiger charge is 2.28. The van der Waals surface area contributed by atoms with E-state index in [1.54, 1.807) is 0 Å². The van der Waals surface area contributed by atoms with Crippen LogP contribution in [0.5, 0.6) is 0 Å². The van der Waals surface area contributed by atoms with E-state index < -0.39 is 5.60 Å². The largest absolute Gasteiger partial charge is 0.460 e. The normalized spacial score (nSPS) is 16.5. The van der Waals surface area contributed by atoms with Gasteiger partial charge in [0.15, 0.2) is 5.76 Å². The van der Waals surface area contributed by atoms with Crippen LogP contribution >= 0.6 is 0 Å². The highest BCUT2D eigenvalue weighted by atomic mass is 16.3. The molecule has 0 bridgehead atoms. The Bertz CT molecular complexity index is 876. The molecule has 27 heavy (non-hydrogen) atoms. The number of rotatable bonds is 6. The van der Waals surface area contributed by atoms with E-state index in [4.69, 9.17) is 9.52 Å². The average molecular weight is 365 g/mol. The lowest BCUT2D eigenvalue weighted by molar-refractivity contribution is 0.00468. The summed E-state index contributed by atoms with van der Waals surface area (Å²) in [5, 5.41) is 18.9. The van der Waals surface area contributed by atoms with Crippen LogP contribution in [-0.2, 0) is 6.54 Å². The van der Waals surface area contributed by atoms with Crippen LogP contribution in [0.3, 0.4) is 0 Å². The van der Waals surface area contributed by atoms with E-state index in [1.165, 1.54) is 6.42 Å². The third kappa shape index (κ3) is 4.15. The van der Waals surface area contributed by atoms with Crippen molar-refractivity contribution < 1.29 is 9.52 Å². The molecule has 4 rings (SSSR count). The number of nitrogens with zero attached hydrogens (tertiary/aromatic N) is 2. The molecule has 1 fully saturated rings. The van der Waals surface area contributed by atoms with Gasteiger partial charge in [0.1, 0.15) is 11.5 Å². The zero-order chi connectivity index (χ0) is 18.7. The molecule has 5 nitrogen and oxygen atoms in total. The lowest BCUT2D eigenvalue weighted by atomic mass is 9.85. The maximum absolute atomic E-state index is 10.7. The van der Waals surface area contributed by atoms with Gasteiger partial charge in [-0.25, -0.2) is 4.68 Å². The van der Waals surface area contributed by atoms with E-state index in [2.05, 4.69) is 5.32 Å². The van der Waals surface area contributed by atoms with Crippen LogP contribution in [0, 0.1) is 6.92 Å². The molecule has 0 spiro atoms.